The molecule has 24 heavy (non-hydrogen) atoms. The summed E-state index contributed by atoms with van der Waals surface area (Å²) < 4.78 is 5.37. The third-order valence-electron chi connectivity index (χ3n) is 4.73. The molecule has 0 bridgehead atoms. The molecule has 2 aliphatic rings. The van der Waals surface area contributed by atoms with Crippen molar-refractivity contribution in [1.82, 2.24) is 10.3 Å². The zero-order chi connectivity index (χ0) is 16.5. The minimum atomic E-state index is -0.0373. The highest BCUT2D eigenvalue weighted by atomic mass is 16.5. The molecule has 4 rings (SSSR count). The van der Waals surface area contributed by atoms with Crippen molar-refractivity contribution < 1.29 is 14.3 Å². The summed E-state index contributed by atoms with van der Waals surface area (Å²) in [5.74, 6) is 0.145. The van der Waals surface area contributed by atoms with E-state index in [-0.39, 0.29) is 17.7 Å². The summed E-state index contributed by atoms with van der Waals surface area (Å²) in [5.41, 5.74) is 3.51. The van der Waals surface area contributed by atoms with Gasteiger partial charge in [0.2, 0.25) is 5.91 Å². The monoisotopic (exact) mass is 327 g/mol. The van der Waals surface area contributed by atoms with Gasteiger partial charge >= 0.3 is 0 Å². The fourth-order valence-corrected chi connectivity index (χ4v) is 3.57. The first kappa shape index (κ1) is 15.4. The molecular formula is C18H21N3O3. The van der Waals surface area contributed by atoms with Crippen molar-refractivity contribution in [3.05, 3.63) is 29.5 Å². The fourth-order valence-electron chi connectivity index (χ4n) is 3.57. The van der Waals surface area contributed by atoms with E-state index in [2.05, 4.69) is 15.6 Å². The average molecular weight is 327 g/mol. The van der Waals surface area contributed by atoms with E-state index in [4.69, 9.17) is 4.74 Å². The number of hydrogen-bond acceptors (Lipinski definition) is 4. The number of rotatable bonds is 3. The van der Waals surface area contributed by atoms with Crippen molar-refractivity contribution in [3.8, 4) is 0 Å². The molecule has 1 aliphatic heterocycles. The van der Waals surface area contributed by atoms with E-state index < -0.39 is 0 Å². The van der Waals surface area contributed by atoms with E-state index >= 15 is 0 Å². The lowest BCUT2D eigenvalue weighted by molar-refractivity contribution is -0.117. The number of Topliss-reactive ketones (excluding diaryl/α,β-unsaturated/α-hetero) is 1. The maximum atomic E-state index is 12.2. The number of morpholine rings is 1. The highest BCUT2D eigenvalue weighted by molar-refractivity contribution is 6.04. The Morgan fingerprint density at radius 1 is 1.33 bits per heavy atom. The molecule has 1 aromatic heterocycles. The van der Waals surface area contributed by atoms with Crippen molar-refractivity contribution in [2.75, 3.05) is 25.1 Å². The van der Waals surface area contributed by atoms with Gasteiger partial charge in [0.05, 0.1) is 18.9 Å². The molecule has 6 nitrogen and oxygen atoms in total. The molecule has 126 valence electrons. The van der Waals surface area contributed by atoms with E-state index in [0.29, 0.717) is 26.1 Å². The van der Waals surface area contributed by atoms with Crippen molar-refractivity contribution in [2.45, 2.75) is 31.7 Å². The third-order valence-corrected chi connectivity index (χ3v) is 4.73. The Bertz CT molecular complexity index is 790. The van der Waals surface area contributed by atoms with Crippen LogP contribution in [-0.2, 0) is 16.0 Å². The molecule has 2 aromatic rings. The second-order valence-corrected chi connectivity index (χ2v) is 6.49. The number of hydrogen-bond donors (Lipinski definition) is 3. The first-order chi connectivity index (χ1) is 11.7. The average Bonchev–Trinajstić information content (AvgIpc) is 2.95. The number of anilines is 1. The van der Waals surface area contributed by atoms with Gasteiger partial charge in [0.15, 0.2) is 5.78 Å². The van der Waals surface area contributed by atoms with Crippen LogP contribution < -0.4 is 10.6 Å². The molecule has 2 heterocycles. The molecule has 1 amide bonds. The number of fused-ring (bicyclic) bond motifs is 3. The Morgan fingerprint density at radius 3 is 3.08 bits per heavy atom. The minimum Gasteiger partial charge on any atom is -0.378 e. The van der Waals surface area contributed by atoms with Crippen LogP contribution in [0.1, 0.15) is 35.3 Å². The lowest BCUT2D eigenvalue weighted by Gasteiger charge is -2.23. The summed E-state index contributed by atoms with van der Waals surface area (Å²) in [6, 6.07) is 5.86. The number of ketones is 1. The molecule has 0 radical (unpaired) electrons. The number of aromatic amines is 1. The SMILES string of the molecule is O=C(CC1COCCN1)Nc1ccc2c3c([nH]c2c1)C(=O)CCC3. The van der Waals surface area contributed by atoms with Crippen LogP contribution in [0.2, 0.25) is 0 Å². The van der Waals surface area contributed by atoms with Gasteiger partial charge in [0.1, 0.15) is 0 Å². The first-order valence-electron chi connectivity index (χ1n) is 8.49. The Labute approximate surface area is 139 Å². The summed E-state index contributed by atoms with van der Waals surface area (Å²) >= 11 is 0. The molecule has 1 atom stereocenters. The highest BCUT2D eigenvalue weighted by Crippen LogP contribution is 2.30. The van der Waals surface area contributed by atoms with E-state index in [0.717, 1.165) is 47.2 Å². The maximum absolute atomic E-state index is 12.2. The van der Waals surface area contributed by atoms with Crippen LogP contribution in [0.4, 0.5) is 5.69 Å². The summed E-state index contributed by atoms with van der Waals surface area (Å²) in [5, 5.41) is 7.29. The zero-order valence-electron chi connectivity index (χ0n) is 13.5. The highest BCUT2D eigenvalue weighted by Gasteiger charge is 2.22. The number of benzene rings is 1. The van der Waals surface area contributed by atoms with Crippen LogP contribution in [0.15, 0.2) is 18.2 Å². The number of carbonyl (C=O) groups excluding carboxylic acids is 2. The molecule has 1 fully saturated rings. The molecular weight excluding hydrogens is 306 g/mol. The van der Waals surface area contributed by atoms with Gasteiger partial charge in [-0.2, -0.15) is 0 Å². The molecule has 0 spiro atoms. The van der Waals surface area contributed by atoms with Crippen LogP contribution in [0.25, 0.3) is 10.9 Å². The molecule has 1 saturated heterocycles. The normalized spacial score (nSPS) is 20.8. The van der Waals surface area contributed by atoms with Gasteiger partial charge < -0.3 is 20.4 Å². The van der Waals surface area contributed by atoms with E-state index in [1.807, 2.05) is 18.2 Å². The van der Waals surface area contributed by atoms with Gasteiger partial charge in [-0.25, -0.2) is 0 Å². The van der Waals surface area contributed by atoms with Gasteiger partial charge in [0.25, 0.3) is 0 Å². The number of H-pyrrole nitrogens is 1. The second-order valence-electron chi connectivity index (χ2n) is 6.49. The van der Waals surface area contributed by atoms with Crippen LogP contribution in [0, 0.1) is 0 Å². The van der Waals surface area contributed by atoms with E-state index in [9.17, 15) is 9.59 Å². The quantitative estimate of drug-likeness (QED) is 0.805. The Morgan fingerprint density at radius 2 is 2.25 bits per heavy atom. The second kappa shape index (κ2) is 6.37. The number of aryl methyl sites for hydroxylation is 1. The number of aromatic nitrogens is 1. The van der Waals surface area contributed by atoms with Gasteiger partial charge in [0, 0.05) is 42.0 Å². The molecule has 3 N–H and O–H groups in total. The van der Waals surface area contributed by atoms with Gasteiger partial charge in [-0.15, -0.1) is 0 Å². The number of carbonyl (C=O) groups is 2. The summed E-state index contributed by atoms with van der Waals surface area (Å²) in [7, 11) is 0. The molecule has 6 heteroatoms. The van der Waals surface area contributed by atoms with Crippen LogP contribution in [-0.4, -0.2) is 42.5 Å². The number of ether oxygens (including phenoxy) is 1. The molecule has 1 aliphatic carbocycles. The first-order valence-corrected chi connectivity index (χ1v) is 8.49. The van der Waals surface area contributed by atoms with Crippen molar-refractivity contribution in [1.29, 1.82) is 0 Å². The minimum absolute atomic E-state index is 0.0373. The van der Waals surface area contributed by atoms with Crippen molar-refractivity contribution in [2.24, 2.45) is 0 Å². The number of nitrogens with one attached hydrogen (secondary N) is 3. The maximum Gasteiger partial charge on any atom is 0.226 e. The predicted molar refractivity (Wildman–Crippen MR) is 91.4 cm³/mol. The Balaban J connectivity index is 1.50. The predicted octanol–water partition coefficient (Wildman–Crippen LogP) is 2.00. The topological polar surface area (TPSA) is 83.2 Å². The Hall–Kier alpha value is -2.18. The van der Waals surface area contributed by atoms with Crippen LogP contribution in [0.5, 0.6) is 0 Å². The largest absolute Gasteiger partial charge is 0.378 e. The Kier molecular flexibility index (Phi) is 4.08. The van der Waals surface area contributed by atoms with Gasteiger partial charge in [-0.1, -0.05) is 6.07 Å². The van der Waals surface area contributed by atoms with Crippen LogP contribution in [0.3, 0.4) is 0 Å². The lowest BCUT2D eigenvalue weighted by atomic mass is 9.95. The van der Waals surface area contributed by atoms with Crippen LogP contribution >= 0.6 is 0 Å². The summed E-state index contributed by atoms with van der Waals surface area (Å²) in [6.07, 6.45) is 2.84. The summed E-state index contributed by atoms with van der Waals surface area (Å²) in [4.78, 5) is 27.4. The molecule has 1 unspecified atom stereocenters. The third kappa shape index (κ3) is 2.95. The standard InChI is InChI=1S/C18H21N3O3/c22-16-3-1-2-14-13-5-4-11(8-15(13)21-18(14)16)20-17(23)9-12-10-24-7-6-19-12/h4-5,8,12,19,21H,1-3,6-7,9-10H2,(H,20,23). The fraction of sp³-hybridized carbons (Fsp3) is 0.444. The lowest BCUT2D eigenvalue weighted by Crippen LogP contribution is -2.43. The van der Waals surface area contributed by atoms with Gasteiger partial charge in [-0.3, -0.25) is 9.59 Å². The van der Waals surface area contributed by atoms with Crippen molar-refractivity contribution in [3.63, 3.8) is 0 Å². The van der Waals surface area contributed by atoms with E-state index in [1.54, 1.807) is 0 Å². The molecule has 0 saturated carbocycles. The van der Waals surface area contributed by atoms with E-state index in [1.165, 1.54) is 0 Å². The number of amides is 1. The summed E-state index contributed by atoms with van der Waals surface area (Å²) in [6.45, 7) is 2.05. The van der Waals surface area contributed by atoms with Crippen molar-refractivity contribution >= 4 is 28.3 Å². The zero-order valence-corrected chi connectivity index (χ0v) is 13.5. The smallest absolute Gasteiger partial charge is 0.226 e. The molecule has 1 aromatic carbocycles. The van der Waals surface area contributed by atoms with Gasteiger partial charge in [-0.05, 0) is 30.5 Å².